The molecule has 212 valence electrons. The van der Waals surface area contributed by atoms with Crippen molar-refractivity contribution in [1.29, 1.82) is 0 Å². The van der Waals surface area contributed by atoms with Gasteiger partial charge in [0.25, 0.3) is 10.1 Å². The van der Waals surface area contributed by atoms with Crippen LogP contribution in [0.1, 0.15) is 52.0 Å². The molecule has 0 radical (unpaired) electrons. The van der Waals surface area contributed by atoms with Crippen molar-refractivity contribution in [3.63, 3.8) is 0 Å². The Morgan fingerprint density at radius 3 is 2.10 bits per heavy atom. The molecule has 2 aromatic rings. The van der Waals surface area contributed by atoms with Crippen LogP contribution in [0.3, 0.4) is 0 Å². The number of amides is 1. The van der Waals surface area contributed by atoms with E-state index in [9.17, 15) is 13.2 Å². The molecule has 1 amide bonds. The number of nitrogens with zero attached hydrogens (tertiary/aromatic N) is 5. The van der Waals surface area contributed by atoms with Gasteiger partial charge in [-0.25, -0.2) is 14.8 Å². The summed E-state index contributed by atoms with van der Waals surface area (Å²) in [5, 5.41) is 0. The fraction of sp³-hybridized carbons (Fsp3) is 0.607. The lowest BCUT2D eigenvalue weighted by Gasteiger charge is -2.53. The van der Waals surface area contributed by atoms with Crippen LogP contribution >= 0.6 is 0 Å². The molecule has 5 rings (SSSR count). The molecule has 1 aromatic heterocycles. The van der Waals surface area contributed by atoms with E-state index < -0.39 is 15.7 Å². The highest BCUT2D eigenvalue weighted by atomic mass is 32.2. The normalized spacial score (nSPS) is 20.2. The Morgan fingerprint density at radius 2 is 1.54 bits per heavy atom. The van der Waals surface area contributed by atoms with Crippen molar-refractivity contribution in [2.24, 2.45) is 5.41 Å². The zero-order chi connectivity index (χ0) is 27.8. The molecule has 0 saturated carbocycles. The van der Waals surface area contributed by atoms with Crippen LogP contribution in [0.25, 0.3) is 0 Å². The van der Waals surface area contributed by atoms with Crippen molar-refractivity contribution in [2.75, 3.05) is 49.1 Å². The second-order valence-electron chi connectivity index (χ2n) is 12.1. The number of hydrogen-bond acceptors (Lipinski definition) is 9. The van der Waals surface area contributed by atoms with Crippen molar-refractivity contribution in [3.8, 4) is 0 Å². The van der Waals surface area contributed by atoms with Gasteiger partial charge in [-0.05, 0) is 65.5 Å². The zero-order valence-corrected chi connectivity index (χ0v) is 24.1. The molecule has 4 heterocycles. The van der Waals surface area contributed by atoms with Crippen molar-refractivity contribution in [2.45, 2.75) is 70.0 Å². The van der Waals surface area contributed by atoms with Gasteiger partial charge >= 0.3 is 6.09 Å². The summed E-state index contributed by atoms with van der Waals surface area (Å²) < 4.78 is 36.3. The smallest absolute Gasteiger partial charge is 0.410 e. The maximum absolute atomic E-state index is 12.6. The minimum absolute atomic E-state index is 0.195. The van der Waals surface area contributed by atoms with E-state index in [0.717, 1.165) is 43.1 Å². The molecule has 0 aliphatic carbocycles. The topological polar surface area (TPSA) is 105 Å². The fourth-order valence-corrected chi connectivity index (χ4v) is 6.63. The lowest BCUT2D eigenvalue weighted by molar-refractivity contribution is 0.00580. The number of anilines is 2. The predicted molar refractivity (Wildman–Crippen MR) is 148 cm³/mol. The number of ether oxygens (including phenoxy) is 1. The molecule has 0 atom stereocenters. The average Bonchev–Trinajstić information content (AvgIpc) is 2.87. The largest absolute Gasteiger partial charge is 0.444 e. The van der Waals surface area contributed by atoms with Gasteiger partial charge in [-0.2, -0.15) is 8.42 Å². The summed E-state index contributed by atoms with van der Waals surface area (Å²) in [6.07, 6.45) is 6.27. The van der Waals surface area contributed by atoms with E-state index in [-0.39, 0.29) is 22.5 Å². The third-order valence-electron chi connectivity index (χ3n) is 7.82. The molecule has 11 heteroatoms. The van der Waals surface area contributed by atoms with E-state index in [1.807, 2.05) is 45.0 Å². The molecule has 0 unspecified atom stereocenters. The molecule has 39 heavy (non-hydrogen) atoms. The molecule has 3 fully saturated rings. The van der Waals surface area contributed by atoms with E-state index in [4.69, 9.17) is 8.92 Å². The summed E-state index contributed by atoms with van der Waals surface area (Å²) in [6.45, 7) is 12.2. The second-order valence-corrected chi connectivity index (χ2v) is 13.7. The molecular weight excluding hydrogens is 518 g/mol. The SMILES string of the molecule is Cc1ccc(S(=O)(=O)OC2CCN(c3cnc(N4CC5(CCN(C(=O)OC(C)(C)C)CC5)C4)nc3)CC2)cc1. The third kappa shape index (κ3) is 6.46. The lowest BCUT2D eigenvalue weighted by Crippen LogP contribution is -2.61. The quantitative estimate of drug-likeness (QED) is 0.505. The van der Waals surface area contributed by atoms with Crippen LogP contribution in [-0.2, 0) is 19.0 Å². The fourth-order valence-electron chi connectivity index (χ4n) is 5.50. The van der Waals surface area contributed by atoms with E-state index in [1.54, 1.807) is 24.3 Å². The molecule has 1 aromatic carbocycles. The highest BCUT2D eigenvalue weighted by Gasteiger charge is 2.46. The molecular formula is C28H39N5O5S. The van der Waals surface area contributed by atoms with Crippen molar-refractivity contribution < 1.29 is 22.1 Å². The van der Waals surface area contributed by atoms with Gasteiger partial charge < -0.3 is 19.4 Å². The number of carbonyl (C=O) groups excluding carboxylic acids is 1. The van der Waals surface area contributed by atoms with E-state index in [1.165, 1.54) is 0 Å². The number of piperidine rings is 2. The van der Waals surface area contributed by atoms with Crippen molar-refractivity contribution >= 4 is 27.8 Å². The Kier molecular flexibility index (Phi) is 7.49. The first-order valence-electron chi connectivity index (χ1n) is 13.7. The van der Waals surface area contributed by atoms with Crippen LogP contribution in [0.5, 0.6) is 0 Å². The van der Waals surface area contributed by atoms with Gasteiger partial charge in [0.05, 0.1) is 29.1 Å². The predicted octanol–water partition coefficient (Wildman–Crippen LogP) is 4.00. The van der Waals surface area contributed by atoms with Crippen LogP contribution in [0.2, 0.25) is 0 Å². The van der Waals surface area contributed by atoms with Crippen LogP contribution in [0.15, 0.2) is 41.6 Å². The first-order valence-corrected chi connectivity index (χ1v) is 15.1. The summed E-state index contributed by atoms with van der Waals surface area (Å²) in [5.74, 6) is 0.723. The van der Waals surface area contributed by atoms with Gasteiger partial charge in [0.15, 0.2) is 0 Å². The number of benzene rings is 1. The Hall–Kier alpha value is -2.92. The number of aromatic nitrogens is 2. The van der Waals surface area contributed by atoms with E-state index in [2.05, 4.69) is 19.8 Å². The van der Waals surface area contributed by atoms with Gasteiger partial charge in [-0.1, -0.05) is 17.7 Å². The summed E-state index contributed by atoms with van der Waals surface area (Å²) in [5.41, 5.74) is 1.67. The van der Waals surface area contributed by atoms with Crippen molar-refractivity contribution in [1.82, 2.24) is 14.9 Å². The Morgan fingerprint density at radius 1 is 0.949 bits per heavy atom. The third-order valence-corrected chi connectivity index (χ3v) is 9.19. The lowest BCUT2D eigenvalue weighted by atomic mass is 9.72. The second kappa shape index (κ2) is 10.6. The van der Waals surface area contributed by atoms with Crippen LogP contribution < -0.4 is 9.80 Å². The first-order chi connectivity index (χ1) is 18.4. The number of rotatable bonds is 5. The van der Waals surface area contributed by atoms with Crippen molar-refractivity contribution in [3.05, 3.63) is 42.2 Å². The molecule has 10 nitrogen and oxygen atoms in total. The highest BCUT2D eigenvalue weighted by Crippen LogP contribution is 2.42. The monoisotopic (exact) mass is 557 g/mol. The summed E-state index contributed by atoms with van der Waals surface area (Å²) in [6, 6.07) is 6.73. The highest BCUT2D eigenvalue weighted by molar-refractivity contribution is 7.86. The number of carbonyl (C=O) groups is 1. The number of hydrogen-bond donors (Lipinski definition) is 0. The Bertz CT molecular complexity index is 1250. The van der Waals surface area contributed by atoms with Gasteiger partial charge in [0, 0.05) is 44.7 Å². The van der Waals surface area contributed by atoms with Gasteiger partial charge in [0.1, 0.15) is 5.60 Å². The van der Waals surface area contributed by atoms with Gasteiger partial charge in [-0.15, -0.1) is 0 Å². The van der Waals surface area contributed by atoms with E-state index in [0.29, 0.717) is 39.0 Å². The zero-order valence-electron chi connectivity index (χ0n) is 23.3. The molecule has 3 saturated heterocycles. The molecule has 0 N–H and O–H groups in total. The molecule has 3 aliphatic heterocycles. The minimum Gasteiger partial charge on any atom is -0.444 e. The van der Waals surface area contributed by atoms with Crippen LogP contribution in [0, 0.1) is 12.3 Å². The number of aryl methyl sites for hydroxylation is 1. The maximum Gasteiger partial charge on any atom is 0.410 e. The summed E-state index contributed by atoms with van der Waals surface area (Å²) >= 11 is 0. The summed E-state index contributed by atoms with van der Waals surface area (Å²) in [4.78, 5) is 28.0. The number of likely N-dealkylation sites (tertiary alicyclic amines) is 1. The van der Waals surface area contributed by atoms with E-state index >= 15 is 0 Å². The molecule has 1 spiro atoms. The molecule has 0 bridgehead atoms. The minimum atomic E-state index is -3.77. The molecule has 3 aliphatic rings. The standard InChI is InChI=1S/C28H39N5O5S/c1-21-5-7-24(8-6-21)39(35,36)38-23-9-13-31(14-10-23)22-17-29-25(30-18-22)33-19-28(20-33)11-15-32(16-12-28)26(34)37-27(2,3)4/h5-8,17-18,23H,9-16,19-20H2,1-4H3. The van der Waals surface area contributed by atoms with Gasteiger partial charge in [0.2, 0.25) is 5.95 Å². The Balaban J connectivity index is 1.08. The van der Waals surface area contributed by atoms with Crippen LogP contribution in [-0.4, -0.2) is 80.4 Å². The Labute approximate surface area is 231 Å². The summed E-state index contributed by atoms with van der Waals surface area (Å²) in [7, 11) is -3.77. The van der Waals surface area contributed by atoms with Gasteiger partial charge in [-0.3, -0.25) is 4.18 Å². The average molecular weight is 558 g/mol. The van der Waals surface area contributed by atoms with Crippen LogP contribution in [0.4, 0.5) is 16.4 Å². The maximum atomic E-state index is 12.6. The first kappa shape index (κ1) is 27.6.